The average molecular weight is 198 g/mol. The summed E-state index contributed by atoms with van der Waals surface area (Å²) in [7, 11) is 0. The monoisotopic (exact) mass is 198 g/mol. The summed E-state index contributed by atoms with van der Waals surface area (Å²) in [6.07, 6.45) is 3.80. The van der Waals surface area contributed by atoms with Gasteiger partial charge in [0.1, 0.15) is 0 Å². The molecule has 0 atom stereocenters. The topological polar surface area (TPSA) is 37.3 Å². The second kappa shape index (κ2) is 3.56. The zero-order valence-electron chi connectivity index (χ0n) is 9.76. The third-order valence-electron chi connectivity index (χ3n) is 3.83. The maximum Gasteiger partial charge on any atom is 0.309 e. The van der Waals surface area contributed by atoms with E-state index in [0.29, 0.717) is 11.3 Å². The number of rotatable bonds is 1. The standard InChI is InChI=1S/C12H22O2/c1-11(2,3)9-5-7-12(4,8-6-9)10(13)14/h9H,5-8H2,1-4H3,(H,13,14). The van der Waals surface area contributed by atoms with E-state index in [1.165, 1.54) is 0 Å². The normalized spacial score (nSPS) is 34.1. The van der Waals surface area contributed by atoms with Gasteiger partial charge in [0.25, 0.3) is 0 Å². The highest BCUT2D eigenvalue weighted by Gasteiger charge is 2.40. The van der Waals surface area contributed by atoms with Crippen molar-refractivity contribution in [3.05, 3.63) is 0 Å². The molecule has 1 N–H and O–H groups in total. The quantitative estimate of drug-likeness (QED) is 0.701. The lowest BCUT2D eigenvalue weighted by Gasteiger charge is -2.40. The van der Waals surface area contributed by atoms with Crippen molar-refractivity contribution in [2.24, 2.45) is 16.7 Å². The van der Waals surface area contributed by atoms with Crippen LogP contribution in [0.4, 0.5) is 0 Å². The van der Waals surface area contributed by atoms with Crippen molar-refractivity contribution in [1.29, 1.82) is 0 Å². The van der Waals surface area contributed by atoms with Gasteiger partial charge in [-0.05, 0) is 43.9 Å². The van der Waals surface area contributed by atoms with E-state index in [2.05, 4.69) is 20.8 Å². The minimum Gasteiger partial charge on any atom is -0.481 e. The predicted octanol–water partition coefficient (Wildman–Crippen LogP) is 3.31. The molecule has 0 amide bonds. The number of carboxylic acids is 1. The van der Waals surface area contributed by atoms with E-state index >= 15 is 0 Å². The van der Waals surface area contributed by atoms with Crippen LogP contribution in [0.25, 0.3) is 0 Å². The first-order chi connectivity index (χ1) is 6.26. The Morgan fingerprint density at radius 3 is 2.00 bits per heavy atom. The molecule has 0 heterocycles. The number of hydrogen-bond donors (Lipinski definition) is 1. The van der Waals surface area contributed by atoms with E-state index in [0.717, 1.165) is 25.7 Å². The van der Waals surface area contributed by atoms with Gasteiger partial charge in [0.2, 0.25) is 0 Å². The lowest BCUT2D eigenvalue weighted by atomic mass is 9.65. The van der Waals surface area contributed by atoms with E-state index in [9.17, 15) is 4.79 Å². The molecule has 2 heteroatoms. The Kier molecular flexibility index (Phi) is 2.93. The van der Waals surface area contributed by atoms with Gasteiger partial charge >= 0.3 is 5.97 Å². The minimum absolute atomic E-state index is 0.333. The first-order valence-corrected chi connectivity index (χ1v) is 5.49. The van der Waals surface area contributed by atoms with Crippen LogP contribution in [0.2, 0.25) is 0 Å². The molecule has 1 aliphatic carbocycles. The van der Waals surface area contributed by atoms with Gasteiger partial charge in [0.05, 0.1) is 5.41 Å². The molecule has 0 aromatic rings. The Bertz CT molecular complexity index is 217. The van der Waals surface area contributed by atoms with Gasteiger partial charge in [0.15, 0.2) is 0 Å². The van der Waals surface area contributed by atoms with Gasteiger partial charge in [0, 0.05) is 0 Å². The lowest BCUT2D eigenvalue weighted by molar-refractivity contribution is -0.150. The fourth-order valence-corrected chi connectivity index (χ4v) is 2.33. The average Bonchev–Trinajstić information content (AvgIpc) is 2.03. The van der Waals surface area contributed by atoms with Crippen LogP contribution in [0.15, 0.2) is 0 Å². The molecule has 1 rings (SSSR count). The highest BCUT2D eigenvalue weighted by atomic mass is 16.4. The molecule has 0 aromatic carbocycles. The number of aliphatic carboxylic acids is 1. The number of carbonyl (C=O) groups is 1. The van der Waals surface area contributed by atoms with Crippen LogP contribution < -0.4 is 0 Å². The molecule has 0 unspecified atom stereocenters. The van der Waals surface area contributed by atoms with Crippen molar-refractivity contribution in [2.45, 2.75) is 53.4 Å². The summed E-state index contributed by atoms with van der Waals surface area (Å²) >= 11 is 0. The van der Waals surface area contributed by atoms with Crippen LogP contribution in [0.1, 0.15) is 53.4 Å². The van der Waals surface area contributed by atoms with Gasteiger partial charge in [-0.3, -0.25) is 4.79 Å². The number of carboxylic acid groups (broad SMARTS) is 1. The van der Waals surface area contributed by atoms with Crippen LogP contribution in [0.5, 0.6) is 0 Å². The second-order valence-electron chi connectivity index (χ2n) is 6.01. The Balaban J connectivity index is 2.59. The summed E-state index contributed by atoms with van der Waals surface area (Å²) < 4.78 is 0. The third kappa shape index (κ3) is 2.28. The van der Waals surface area contributed by atoms with Crippen molar-refractivity contribution in [1.82, 2.24) is 0 Å². The smallest absolute Gasteiger partial charge is 0.309 e. The Morgan fingerprint density at radius 1 is 1.29 bits per heavy atom. The van der Waals surface area contributed by atoms with Crippen LogP contribution >= 0.6 is 0 Å². The Morgan fingerprint density at radius 2 is 1.71 bits per heavy atom. The minimum atomic E-state index is -0.621. The first kappa shape index (κ1) is 11.5. The maximum atomic E-state index is 11.0. The molecule has 0 aliphatic heterocycles. The van der Waals surface area contributed by atoms with Crippen LogP contribution in [-0.2, 0) is 4.79 Å². The van der Waals surface area contributed by atoms with Crippen molar-refractivity contribution in [3.63, 3.8) is 0 Å². The molecular formula is C12H22O2. The molecule has 1 fully saturated rings. The SMILES string of the molecule is CC1(C(=O)O)CCC(C(C)(C)C)CC1. The first-order valence-electron chi connectivity index (χ1n) is 5.49. The van der Waals surface area contributed by atoms with Gasteiger partial charge < -0.3 is 5.11 Å². The second-order valence-corrected chi connectivity index (χ2v) is 6.01. The molecule has 0 aromatic heterocycles. The van der Waals surface area contributed by atoms with Crippen molar-refractivity contribution < 1.29 is 9.90 Å². The zero-order valence-corrected chi connectivity index (χ0v) is 9.76. The van der Waals surface area contributed by atoms with Gasteiger partial charge in [-0.1, -0.05) is 20.8 Å². The third-order valence-corrected chi connectivity index (χ3v) is 3.83. The molecule has 82 valence electrons. The van der Waals surface area contributed by atoms with Gasteiger partial charge in [-0.15, -0.1) is 0 Å². The van der Waals surface area contributed by atoms with Gasteiger partial charge in [-0.25, -0.2) is 0 Å². The highest BCUT2D eigenvalue weighted by Crippen LogP contribution is 2.45. The molecule has 1 saturated carbocycles. The number of hydrogen-bond acceptors (Lipinski definition) is 1. The van der Waals surface area contributed by atoms with Crippen molar-refractivity contribution in [2.75, 3.05) is 0 Å². The summed E-state index contributed by atoms with van der Waals surface area (Å²) in [5.41, 5.74) is -0.123. The fourth-order valence-electron chi connectivity index (χ4n) is 2.33. The summed E-state index contributed by atoms with van der Waals surface area (Å²) in [5.74, 6) is 0.0692. The summed E-state index contributed by atoms with van der Waals surface area (Å²) in [6.45, 7) is 8.64. The molecule has 2 nitrogen and oxygen atoms in total. The molecule has 0 radical (unpaired) electrons. The Labute approximate surface area is 86.7 Å². The van der Waals surface area contributed by atoms with E-state index in [-0.39, 0.29) is 0 Å². The molecule has 1 aliphatic rings. The lowest BCUT2D eigenvalue weighted by Crippen LogP contribution is -2.35. The molecule has 14 heavy (non-hydrogen) atoms. The van der Waals surface area contributed by atoms with Crippen molar-refractivity contribution in [3.8, 4) is 0 Å². The molecule has 0 spiro atoms. The molecular weight excluding hydrogens is 176 g/mol. The van der Waals surface area contributed by atoms with E-state index < -0.39 is 11.4 Å². The summed E-state index contributed by atoms with van der Waals surface area (Å²) in [6, 6.07) is 0. The van der Waals surface area contributed by atoms with Crippen LogP contribution in [-0.4, -0.2) is 11.1 Å². The van der Waals surface area contributed by atoms with E-state index in [1.807, 2.05) is 6.92 Å². The van der Waals surface area contributed by atoms with Crippen LogP contribution in [0.3, 0.4) is 0 Å². The van der Waals surface area contributed by atoms with Crippen molar-refractivity contribution >= 4 is 5.97 Å². The van der Waals surface area contributed by atoms with Crippen LogP contribution in [0, 0.1) is 16.7 Å². The molecule has 0 saturated heterocycles. The predicted molar refractivity (Wildman–Crippen MR) is 57.2 cm³/mol. The largest absolute Gasteiger partial charge is 0.481 e. The zero-order chi connectivity index (χ0) is 11.0. The van der Waals surface area contributed by atoms with E-state index in [4.69, 9.17) is 5.11 Å². The highest BCUT2D eigenvalue weighted by molar-refractivity contribution is 5.74. The molecule has 0 bridgehead atoms. The van der Waals surface area contributed by atoms with E-state index in [1.54, 1.807) is 0 Å². The summed E-state index contributed by atoms with van der Waals surface area (Å²) in [4.78, 5) is 11.0. The van der Waals surface area contributed by atoms with Gasteiger partial charge in [-0.2, -0.15) is 0 Å². The Hall–Kier alpha value is -0.530. The maximum absolute atomic E-state index is 11.0. The summed E-state index contributed by atoms with van der Waals surface area (Å²) in [5, 5.41) is 9.09. The fraction of sp³-hybridized carbons (Fsp3) is 0.917.